The van der Waals surface area contributed by atoms with E-state index in [0.29, 0.717) is 16.8 Å². The lowest BCUT2D eigenvalue weighted by atomic mass is 10.1. The summed E-state index contributed by atoms with van der Waals surface area (Å²) in [6.07, 6.45) is 1.60. The first-order valence-corrected chi connectivity index (χ1v) is 9.12. The second-order valence-electron chi connectivity index (χ2n) is 6.72. The molecule has 0 aliphatic carbocycles. The van der Waals surface area contributed by atoms with E-state index in [1.54, 1.807) is 55.5 Å². The van der Waals surface area contributed by atoms with Gasteiger partial charge in [0.25, 0.3) is 11.8 Å². The molecule has 0 saturated heterocycles. The van der Waals surface area contributed by atoms with Gasteiger partial charge in [0.15, 0.2) is 0 Å². The Bertz CT molecular complexity index is 1100. The smallest absolute Gasteiger partial charge is 0.261 e. The molecule has 4 rings (SSSR count). The van der Waals surface area contributed by atoms with E-state index in [9.17, 15) is 14.4 Å². The van der Waals surface area contributed by atoms with E-state index in [4.69, 9.17) is 0 Å². The average molecular weight is 403 g/mol. The molecule has 0 bridgehead atoms. The highest BCUT2D eigenvalue weighted by atomic mass is 16.2. The summed E-state index contributed by atoms with van der Waals surface area (Å²) >= 11 is 0. The fourth-order valence-electron chi connectivity index (χ4n) is 3.08. The molecule has 150 valence electrons. The van der Waals surface area contributed by atoms with Crippen LogP contribution in [-0.2, 0) is 11.2 Å². The molecule has 2 aromatic carbocycles. The number of nitrogens with one attached hydrogen (secondary N) is 1. The van der Waals surface area contributed by atoms with Gasteiger partial charge < -0.3 is 0 Å². The van der Waals surface area contributed by atoms with Crippen molar-refractivity contribution in [2.75, 3.05) is 6.54 Å². The molecule has 1 aliphatic heterocycles. The lowest BCUT2D eigenvalue weighted by Gasteiger charge is -2.13. The van der Waals surface area contributed by atoms with Gasteiger partial charge in [-0.1, -0.05) is 24.3 Å². The maximum absolute atomic E-state index is 12.4. The van der Waals surface area contributed by atoms with Crippen LogP contribution in [0.4, 0.5) is 0 Å². The largest absolute Gasteiger partial charge is 0.273 e. The Morgan fingerprint density at radius 3 is 2.30 bits per heavy atom. The number of imide groups is 1. The Kier molecular flexibility index (Phi) is 5.12. The van der Waals surface area contributed by atoms with Crippen molar-refractivity contribution in [3.8, 4) is 5.69 Å². The highest BCUT2D eigenvalue weighted by Crippen LogP contribution is 2.22. The molecular formula is C20H17N7O3. The van der Waals surface area contributed by atoms with Gasteiger partial charge in [-0.05, 0) is 47.2 Å². The molecule has 30 heavy (non-hydrogen) atoms. The van der Waals surface area contributed by atoms with E-state index < -0.39 is 0 Å². The van der Waals surface area contributed by atoms with Gasteiger partial charge in [-0.25, -0.2) is 10.1 Å². The number of benzene rings is 2. The predicted octanol–water partition coefficient (Wildman–Crippen LogP) is 0.993. The van der Waals surface area contributed by atoms with E-state index >= 15 is 0 Å². The molecule has 2 heterocycles. The zero-order valence-corrected chi connectivity index (χ0v) is 16.0. The van der Waals surface area contributed by atoms with Crippen molar-refractivity contribution in [3.63, 3.8) is 0 Å². The zero-order valence-electron chi connectivity index (χ0n) is 16.0. The highest BCUT2D eigenvalue weighted by Gasteiger charge is 2.35. The van der Waals surface area contributed by atoms with Crippen LogP contribution in [0.5, 0.6) is 0 Å². The summed E-state index contributed by atoms with van der Waals surface area (Å²) in [6, 6.07) is 13.9. The Hall–Kier alpha value is -4.21. The minimum atomic E-state index is -0.362. The third-order valence-electron chi connectivity index (χ3n) is 4.55. The van der Waals surface area contributed by atoms with E-state index in [1.165, 1.54) is 11.0 Å². The van der Waals surface area contributed by atoms with Gasteiger partial charge >= 0.3 is 0 Å². The fraction of sp³-hybridized carbons (Fsp3) is 0.150. The Morgan fingerprint density at radius 1 is 1.03 bits per heavy atom. The Labute approximate surface area is 171 Å². The number of hydrazone groups is 1. The summed E-state index contributed by atoms with van der Waals surface area (Å²) in [5.74, 6) is -1.04. The molecule has 3 amide bonds. The third kappa shape index (κ3) is 3.83. The molecule has 3 aromatic rings. The van der Waals surface area contributed by atoms with Gasteiger partial charge in [-0.2, -0.15) is 5.10 Å². The maximum Gasteiger partial charge on any atom is 0.261 e. The first-order chi connectivity index (χ1) is 14.5. The zero-order chi connectivity index (χ0) is 21.1. The number of tetrazole rings is 1. The molecule has 1 aromatic heterocycles. The average Bonchev–Trinajstić information content (AvgIpc) is 3.37. The summed E-state index contributed by atoms with van der Waals surface area (Å²) in [7, 11) is 0. The number of amides is 3. The van der Waals surface area contributed by atoms with Crippen molar-refractivity contribution in [1.82, 2.24) is 30.5 Å². The monoisotopic (exact) mass is 403 g/mol. The molecule has 10 nitrogen and oxygen atoms in total. The minimum Gasteiger partial charge on any atom is -0.273 e. The van der Waals surface area contributed by atoms with Crippen LogP contribution in [0.2, 0.25) is 0 Å². The van der Waals surface area contributed by atoms with Crippen molar-refractivity contribution >= 4 is 23.4 Å². The van der Waals surface area contributed by atoms with Crippen LogP contribution >= 0.6 is 0 Å². The van der Waals surface area contributed by atoms with Crippen LogP contribution in [0.25, 0.3) is 5.69 Å². The van der Waals surface area contributed by atoms with Gasteiger partial charge in [0.2, 0.25) is 5.91 Å². The number of rotatable bonds is 6. The summed E-state index contributed by atoms with van der Waals surface area (Å²) in [6.45, 7) is 1.65. The lowest BCUT2D eigenvalue weighted by molar-refractivity contribution is -0.120. The van der Waals surface area contributed by atoms with Crippen LogP contribution in [0.15, 0.2) is 60.0 Å². The van der Waals surface area contributed by atoms with Gasteiger partial charge in [0.1, 0.15) is 6.33 Å². The predicted molar refractivity (Wildman–Crippen MR) is 106 cm³/mol. The fourth-order valence-corrected chi connectivity index (χ4v) is 3.08. The van der Waals surface area contributed by atoms with E-state index in [1.807, 2.05) is 0 Å². The quantitative estimate of drug-likeness (QED) is 0.372. The lowest BCUT2D eigenvalue weighted by Crippen LogP contribution is -2.35. The van der Waals surface area contributed by atoms with Crippen molar-refractivity contribution in [1.29, 1.82) is 0 Å². The van der Waals surface area contributed by atoms with E-state index in [0.717, 1.165) is 16.2 Å². The van der Waals surface area contributed by atoms with Crippen LogP contribution in [-0.4, -0.2) is 55.1 Å². The summed E-state index contributed by atoms with van der Waals surface area (Å²) in [5.41, 5.74) is 5.22. The summed E-state index contributed by atoms with van der Waals surface area (Å²) in [5, 5.41) is 15.0. The number of aromatic nitrogens is 4. The number of carbonyl (C=O) groups excluding carboxylic acids is 3. The molecule has 0 unspecified atom stereocenters. The molecule has 0 saturated carbocycles. The maximum atomic E-state index is 12.4. The molecule has 1 aliphatic rings. The number of carbonyl (C=O) groups is 3. The first-order valence-electron chi connectivity index (χ1n) is 9.12. The van der Waals surface area contributed by atoms with Crippen LogP contribution in [0, 0.1) is 0 Å². The van der Waals surface area contributed by atoms with Gasteiger partial charge in [0, 0.05) is 0 Å². The first kappa shape index (κ1) is 19.1. The van der Waals surface area contributed by atoms with Gasteiger partial charge in [0.05, 0.1) is 35.5 Å². The Balaban J connectivity index is 1.33. The summed E-state index contributed by atoms with van der Waals surface area (Å²) < 4.78 is 1.51. The van der Waals surface area contributed by atoms with Crippen LogP contribution < -0.4 is 5.43 Å². The van der Waals surface area contributed by atoms with Crippen LogP contribution in [0.3, 0.4) is 0 Å². The third-order valence-corrected chi connectivity index (χ3v) is 4.55. The second kappa shape index (κ2) is 8.03. The number of hydrogen-bond acceptors (Lipinski definition) is 7. The number of nitrogens with zero attached hydrogens (tertiary/aromatic N) is 6. The van der Waals surface area contributed by atoms with Crippen molar-refractivity contribution < 1.29 is 14.4 Å². The SMILES string of the molecule is C/C(CN1C(=O)c2ccccc2C1=O)=N\NC(=O)Cc1ccc(-n2cnnn2)cc1. The molecule has 10 heteroatoms. The number of hydrogen-bond donors (Lipinski definition) is 1. The Morgan fingerprint density at radius 2 is 1.70 bits per heavy atom. The van der Waals surface area contributed by atoms with Crippen molar-refractivity contribution in [2.45, 2.75) is 13.3 Å². The molecule has 0 fully saturated rings. The molecule has 0 atom stereocenters. The van der Waals surface area contributed by atoms with Gasteiger partial charge in [-0.3, -0.25) is 19.3 Å². The normalized spacial score (nSPS) is 13.5. The van der Waals surface area contributed by atoms with Crippen molar-refractivity contribution in [3.05, 3.63) is 71.5 Å². The van der Waals surface area contributed by atoms with Gasteiger partial charge in [-0.15, -0.1) is 5.10 Å². The highest BCUT2D eigenvalue weighted by molar-refractivity contribution is 6.22. The molecule has 0 radical (unpaired) electrons. The molecular weight excluding hydrogens is 386 g/mol. The topological polar surface area (TPSA) is 122 Å². The second-order valence-corrected chi connectivity index (χ2v) is 6.72. The molecule has 1 N–H and O–H groups in total. The standard InChI is InChI=1S/C20H17N7O3/c1-13(11-26-19(29)16-4-2-3-5-17(16)20(26)30)22-23-18(28)10-14-6-8-15(9-7-14)27-12-21-24-25-27/h2-9,12H,10-11H2,1H3,(H,23,28)/b22-13+. The minimum absolute atomic E-state index is 0.00721. The summed E-state index contributed by atoms with van der Waals surface area (Å²) in [4.78, 5) is 38.1. The molecule has 0 spiro atoms. The van der Waals surface area contributed by atoms with Crippen molar-refractivity contribution in [2.24, 2.45) is 5.10 Å². The number of fused-ring (bicyclic) bond motifs is 1. The van der Waals surface area contributed by atoms with E-state index in [-0.39, 0.29) is 30.7 Å². The van der Waals surface area contributed by atoms with Crippen LogP contribution in [0.1, 0.15) is 33.2 Å². The van der Waals surface area contributed by atoms with E-state index in [2.05, 4.69) is 26.1 Å².